The van der Waals surface area contributed by atoms with Crippen LogP contribution in [0.25, 0.3) is 0 Å². The molecule has 0 heterocycles. The van der Waals surface area contributed by atoms with Crippen LogP contribution in [0.1, 0.15) is 19.8 Å². The molecule has 1 aliphatic carbocycles. The van der Waals surface area contributed by atoms with Crippen LogP contribution in [-0.2, 0) is 20.6 Å². The molecule has 1 aliphatic rings. The highest BCUT2D eigenvalue weighted by Crippen LogP contribution is 2.29. The van der Waals surface area contributed by atoms with Crippen molar-refractivity contribution in [3.63, 3.8) is 0 Å². The van der Waals surface area contributed by atoms with Crippen molar-refractivity contribution in [3.8, 4) is 0 Å². The van der Waals surface area contributed by atoms with Crippen molar-refractivity contribution < 1.29 is 12.6 Å². The maximum atomic E-state index is 12.0. The fourth-order valence-electron chi connectivity index (χ4n) is 2.29. The van der Waals surface area contributed by atoms with E-state index in [9.17, 15) is 12.6 Å². The Balaban J connectivity index is 2.50. The fraction of sp³-hybridized carbons (Fsp3) is 1.00. The molecule has 0 amide bonds. The van der Waals surface area contributed by atoms with Gasteiger partial charge in [0.2, 0.25) is 0 Å². The van der Waals surface area contributed by atoms with E-state index in [0.29, 0.717) is 12.0 Å². The highest BCUT2D eigenvalue weighted by atomic mass is 32.2. The molecule has 4 unspecified atom stereocenters. The van der Waals surface area contributed by atoms with Gasteiger partial charge in [0.25, 0.3) is 0 Å². The number of hydrogen-bond acceptors (Lipinski definition) is 4. The minimum Gasteiger partial charge on any atom is -0.317 e. The summed E-state index contributed by atoms with van der Waals surface area (Å²) in [6, 6.07) is 0.423. The highest BCUT2D eigenvalue weighted by Gasteiger charge is 2.35. The van der Waals surface area contributed by atoms with Gasteiger partial charge in [0.15, 0.2) is 0 Å². The summed E-state index contributed by atoms with van der Waals surface area (Å²) in [5, 5.41) is 3.37. The molecule has 0 aromatic rings. The maximum Gasteiger partial charge on any atom is 0.148 e. The van der Waals surface area contributed by atoms with Gasteiger partial charge in [0.05, 0.1) is 5.75 Å². The molecular weight excluding hydrogens is 246 g/mol. The summed E-state index contributed by atoms with van der Waals surface area (Å²) >= 11 is 0. The molecule has 0 bridgehead atoms. The van der Waals surface area contributed by atoms with Crippen LogP contribution in [0.15, 0.2) is 0 Å². The van der Waals surface area contributed by atoms with E-state index in [1.54, 1.807) is 0 Å². The van der Waals surface area contributed by atoms with Crippen molar-refractivity contribution in [1.82, 2.24) is 5.32 Å². The molecule has 1 saturated carbocycles. The Bertz CT molecular complexity index is 353. The monoisotopic (exact) mass is 267 g/mol. The Kier molecular flexibility index (Phi) is 4.94. The van der Waals surface area contributed by atoms with Crippen LogP contribution in [-0.4, -0.2) is 48.7 Å². The second-order valence-electron chi connectivity index (χ2n) is 4.58. The Morgan fingerprint density at radius 3 is 2.44 bits per heavy atom. The molecule has 1 fully saturated rings. The standard InChI is InChI=1S/C10H21NO3S2/c1-8-9(11-2)4-5-10(8)15(12)6-7-16(3,13)14/h8-11H,4-7H2,1-3H3. The van der Waals surface area contributed by atoms with Gasteiger partial charge in [-0.3, -0.25) is 4.21 Å². The van der Waals surface area contributed by atoms with Gasteiger partial charge in [-0.15, -0.1) is 0 Å². The molecule has 6 heteroatoms. The lowest BCUT2D eigenvalue weighted by atomic mass is 10.1. The summed E-state index contributed by atoms with van der Waals surface area (Å²) < 4.78 is 34.0. The summed E-state index contributed by atoms with van der Waals surface area (Å²) in [4.78, 5) is 0. The van der Waals surface area contributed by atoms with Gasteiger partial charge in [-0.05, 0) is 25.8 Å². The molecule has 16 heavy (non-hydrogen) atoms. The van der Waals surface area contributed by atoms with Crippen molar-refractivity contribution in [2.24, 2.45) is 5.92 Å². The average molecular weight is 267 g/mol. The minimum atomic E-state index is -2.99. The number of nitrogens with one attached hydrogen (secondary N) is 1. The average Bonchev–Trinajstić information content (AvgIpc) is 2.55. The molecule has 0 aromatic heterocycles. The minimum absolute atomic E-state index is 0.0348. The normalized spacial score (nSPS) is 32.8. The first kappa shape index (κ1) is 14.1. The van der Waals surface area contributed by atoms with Gasteiger partial charge in [0.1, 0.15) is 9.84 Å². The van der Waals surface area contributed by atoms with Gasteiger partial charge < -0.3 is 5.32 Å². The number of hydrogen-bond donors (Lipinski definition) is 1. The van der Waals surface area contributed by atoms with Gasteiger partial charge in [-0.2, -0.15) is 0 Å². The Labute approximate surface area is 101 Å². The summed E-state index contributed by atoms with van der Waals surface area (Å²) in [6.45, 7) is 2.09. The zero-order valence-corrected chi connectivity index (χ0v) is 11.7. The smallest absolute Gasteiger partial charge is 0.148 e. The lowest BCUT2D eigenvalue weighted by Crippen LogP contribution is -2.33. The number of rotatable bonds is 5. The van der Waals surface area contributed by atoms with Gasteiger partial charge in [-0.25, -0.2) is 8.42 Å². The molecule has 1 rings (SSSR count). The molecule has 4 nitrogen and oxygen atoms in total. The summed E-state index contributed by atoms with van der Waals surface area (Å²) in [6.07, 6.45) is 3.16. The van der Waals surface area contributed by atoms with E-state index in [2.05, 4.69) is 12.2 Å². The quantitative estimate of drug-likeness (QED) is 0.771. The maximum absolute atomic E-state index is 12.0. The second kappa shape index (κ2) is 5.60. The van der Waals surface area contributed by atoms with E-state index in [4.69, 9.17) is 0 Å². The lowest BCUT2D eigenvalue weighted by Gasteiger charge is -2.19. The molecule has 0 saturated heterocycles. The first-order chi connectivity index (χ1) is 7.35. The topological polar surface area (TPSA) is 63.2 Å². The van der Waals surface area contributed by atoms with E-state index >= 15 is 0 Å². The molecule has 4 atom stereocenters. The Hall–Kier alpha value is 0.0600. The van der Waals surface area contributed by atoms with Crippen LogP contribution in [0.2, 0.25) is 0 Å². The predicted molar refractivity (Wildman–Crippen MR) is 67.8 cm³/mol. The van der Waals surface area contributed by atoms with E-state index in [1.807, 2.05) is 7.05 Å². The van der Waals surface area contributed by atoms with Crippen LogP contribution < -0.4 is 5.32 Å². The van der Waals surface area contributed by atoms with E-state index < -0.39 is 20.6 Å². The van der Waals surface area contributed by atoms with Gasteiger partial charge in [0, 0.05) is 34.1 Å². The third-order valence-corrected chi connectivity index (χ3v) is 6.50. The molecular formula is C10H21NO3S2. The summed E-state index contributed by atoms with van der Waals surface area (Å²) in [5.74, 6) is 0.683. The SMILES string of the molecule is CNC1CCC(S(=O)CCS(C)(=O)=O)C1C. The molecule has 0 aliphatic heterocycles. The molecule has 96 valence electrons. The summed E-state index contributed by atoms with van der Waals surface area (Å²) in [5.41, 5.74) is 0. The zero-order valence-electron chi connectivity index (χ0n) is 10.1. The van der Waals surface area contributed by atoms with E-state index in [-0.39, 0.29) is 16.8 Å². The van der Waals surface area contributed by atoms with Crippen LogP contribution in [0.5, 0.6) is 0 Å². The van der Waals surface area contributed by atoms with Crippen molar-refractivity contribution in [1.29, 1.82) is 0 Å². The molecule has 0 radical (unpaired) electrons. The van der Waals surface area contributed by atoms with Crippen LogP contribution >= 0.6 is 0 Å². The van der Waals surface area contributed by atoms with E-state index in [1.165, 1.54) is 6.26 Å². The fourth-order valence-corrected chi connectivity index (χ4v) is 5.53. The number of sulfone groups is 1. The van der Waals surface area contributed by atoms with Crippen LogP contribution in [0.4, 0.5) is 0 Å². The Morgan fingerprint density at radius 2 is 2.00 bits per heavy atom. The molecule has 1 N–H and O–H groups in total. The van der Waals surface area contributed by atoms with E-state index in [0.717, 1.165) is 12.8 Å². The van der Waals surface area contributed by atoms with Crippen molar-refractivity contribution in [2.75, 3.05) is 24.8 Å². The first-order valence-electron chi connectivity index (χ1n) is 5.57. The molecule has 0 spiro atoms. The third-order valence-electron chi connectivity index (χ3n) is 3.35. The third kappa shape index (κ3) is 3.82. The largest absolute Gasteiger partial charge is 0.317 e. The van der Waals surface area contributed by atoms with Gasteiger partial charge >= 0.3 is 0 Å². The highest BCUT2D eigenvalue weighted by molar-refractivity contribution is 7.92. The van der Waals surface area contributed by atoms with Crippen LogP contribution in [0.3, 0.4) is 0 Å². The first-order valence-corrected chi connectivity index (χ1v) is 9.01. The predicted octanol–water partition coefficient (Wildman–Crippen LogP) is 0.166. The lowest BCUT2D eigenvalue weighted by molar-refractivity contribution is 0.460. The van der Waals surface area contributed by atoms with Crippen LogP contribution in [0, 0.1) is 5.92 Å². The zero-order chi connectivity index (χ0) is 12.3. The van der Waals surface area contributed by atoms with Crippen molar-refractivity contribution >= 4 is 20.6 Å². The molecule has 0 aromatic carbocycles. The van der Waals surface area contributed by atoms with Gasteiger partial charge in [-0.1, -0.05) is 6.92 Å². The van der Waals surface area contributed by atoms with Crippen molar-refractivity contribution in [2.45, 2.75) is 31.1 Å². The second-order valence-corrected chi connectivity index (χ2v) is 8.62. The Morgan fingerprint density at radius 1 is 1.38 bits per heavy atom. The summed E-state index contributed by atoms with van der Waals surface area (Å²) in [7, 11) is -2.09. The van der Waals surface area contributed by atoms with Crippen molar-refractivity contribution in [3.05, 3.63) is 0 Å².